The highest BCUT2D eigenvalue weighted by Crippen LogP contribution is 2.21. The van der Waals surface area contributed by atoms with Crippen molar-refractivity contribution in [1.82, 2.24) is 9.88 Å². The molecule has 0 radical (unpaired) electrons. The van der Waals surface area contributed by atoms with Gasteiger partial charge in [-0.25, -0.2) is 4.98 Å². The summed E-state index contributed by atoms with van der Waals surface area (Å²) < 4.78 is 11.7. The summed E-state index contributed by atoms with van der Waals surface area (Å²) in [5.41, 5.74) is 7.70. The van der Waals surface area contributed by atoms with Gasteiger partial charge in [-0.3, -0.25) is 9.59 Å². The normalized spacial score (nSPS) is 16.8. The van der Waals surface area contributed by atoms with E-state index in [1.54, 1.807) is 29.2 Å². The molecule has 0 aliphatic carbocycles. The minimum absolute atomic E-state index is 0.0495. The molecule has 29 heavy (non-hydrogen) atoms. The number of ether oxygens (including phenoxy) is 1. The molecular weight excluding hydrogens is 370 g/mol. The van der Waals surface area contributed by atoms with Gasteiger partial charge in [0.25, 0.3) is 5.91 Å². The van der Waals surface area contributed by atoms with E-state index < -0.39 is 0 Å². The van der Waals surface area contributed by atoms with Gasteiger partial charge >= 0.3 is 0 Å². The number of hydrogen-bond acceptors (Lipinski definition) is 6. The molecule has 4 rings (SSSR count). The van der Waals surface area contributed by atoms with Crippen LogP contribution in [0.3, 0.4) is 0 Å². The Morgan fingerprint density at radius 2 is 2.14 bits per heavy atom. The van der Waals surface area contributed by atoms with E-state index in [2.05, 4.69) is 4.98 Å². The van der Waals surface area contributed by atoms with Gasteiger partial charge < -0.3 is 19.8 Å². The maximum atomic E-state index is 13.0. The van der Waals surface area contributed by atoms with Crippen LogP contribution in [0.5, 0.6) is 5.88 Å². The van der Waals surface area contributed by atoms with Gasteiger partial charge in [0.2, 0.25) is 5.88 Å². The molecule has 7 heteroatoms. The Morgan fingerprint density at radius 3 is 2.97 bits per heavy atom. The fourth-order valence-electron chi connectivity index (χ4n) is 3.64. The second kappa shape index (κ2) is 8.05. The number of rotatable bonds is 4. The highest BCUT2D eigenvalue weighted by atomic mass is 16.5. The number of nitrogens with zero attached hydrogens (tertiary/aromatic N) is 2. The Morgan fingerprint density at radius 1 is 1.31 bits per heavy atom. The molecule has 0 spiro atoms. The first-order chi connectivity index (χ1) is 14.0. The van der Waals surface area contributed by atoms with Crippen molar-refractivity contribution in [2.24, 2.45) is 5.73 Å². The summed E-state index contributed by atoms with van der Waals surface area (Å²) in [6.45, 7) is 3.30. The number of nitrogens with two attached hydrogens (primary N) is 1. The Hall–Kier alpha value is -3.19. The number of aryl methyl sites for hydroxylation is 1. The third-order valence-electron chi connectivity index (χ3n) is 5.02. The zero-order valence-corrected chi connectivity index (χ0v) is 16.3. The molecule has 1 aromatic carbocycles. The Labute approximate surface area is 168 Å². The zero-order chi connectivity index (χ0) is 20.4. The summed E-state index contributed by atoms with van der Waals surface area (Å²) in [7, 11) is 0. The third-order valence-corrected chi connectivity index (χ3v) is 5.02. The predicted octanol–water partition coefficient (Wildman–Crippen LogP) is 2.64. The lowest BCUT2D eigenvalue weighted by Crippen LogP contribution is -2.44. The Balaban J connectivity index is 1.52. The first kappa shape index (κ1) is 19.1. The molecule has 3 heterocycles. The minimum atomic E-state index is -0.305. The first-order valence-corrected chi connectivity index (χ1v) is 9.70. The summed E-state index contributed by atoms with van der Waals surface area (Å²) in [5, 5.41) is 0.463. The lowest BCUT2D eigenvalue weighted by molar-refractivity contribution is 0.0500. The van der Waals surface area contributed by atoms with Gasteiger partial charge in [-0.1, -0.05) is 12.1 Å². The molecule has 2 aromatic heterocycles. The predicted molar refractivity (Wildman–Crippen MR) is 109 cm³/mol. The van der Waals surface area contributed by atoms with Crippen LogP contribution in [0.25, 0.3) is 11.0 Å². The third kappa shape index (κ3) is 4.14. The fraction of sp³-hybridized carbons (Fsp3) is 0.318. The molecule has 0 bridgehead atoms. The number of amides is 1. The van der Waals surface area contributed by atoms with Crippen molar-refractivity contribution in [3.63, 3.8) is 0 Å². The molecule has 1 atom stereocenters. The van der Waals surface area contributed by atoms with E-state index in [-0.39, 0.29) is 23.2 Å². The van der Waals surface area contributed by atoms with Gasteiger partial charge in [-0.15, -0.1) is 0 Å². The SMILES string of the molecule is Cc1cc(CN)cc(O[C@H]2CCCN(C(=O)c3cc(=O)c4ccccc4o3)C2)n1. The van der Waals surface area contributed by atoms with Crippen LogP contribution in [0.2, 0.25) is 0 Å². The lowest BCUT2D eigenvalue weighted by Gasteiger charge is -2.32. The zero-order valence-electron chi connectivity index (χ0n) is 16.3. The van der Waals surface area contributed by atoms with E-state index >= 15 is 0 Å². The second-order valence-corrected chi connectivity index (χ2v) is 7.26. The summed E-state index contributed by atoms with van der Waals surface area (Å²) in [5.74, 6) is 0.261. The monoisotopic (exact) mass is 393 g/mol. The number of piperidine rings is 1. The van der Waals surface area contributed by atoms with Crippen molar-refractivity contribution in [1.29, 1.82) is 0 Å². The van der Waals surface area contributed by atoms with Crippen LogP contribution >= 0.6 is 0 Å². The molecule has 3 aromatic rings. The van der Waals surface area contributed by atoms with Crippen LogP contribution in [0.15, 0.2) is 51.7 Å². The van der Waals surface area contributed by atoms with E-state index in [0.29, 0.717) is 36.5 Å². The van der Waals surface area contributed by atoms with Crippen LogP contribution in [0.4, 0.5) is 0 Å². The maximum absolute atomic E-state index is 13.0. The van der Waals surface area contributed by atoms with Gasteiger partial charge in [0.1, 0.15) is 11.7 Å². The number of hydrogen-bond donors (Lipinski definition) is 1. The van der Waals surface area contributed by atoms with Crippen molar-refractivity contribution in [3.8, 4) is 5.88 Å². The smallest absolute Gasteiger partial charge is 0.289 e. The van der Waals surface area contributed by atoms with E-state index in [0.717, 1.165) is 24.1 Å². The average Bonchev–Trinajstić information content (AvgIpc) is 2.73. The summed E-state index contributed by atoms with van der Waals surface area (Å²) in [6.07, 6.45) is 1.43. The largest absolute Gasteiger partial charge is 0.472 e. The number of fused-ring (bicyclic) bond motifs is 1. The highest BCUT2D eigenvalue weighted by Gasteiger charge is 2.28. The second-order valence-electron chi connectivity index (χ2n) is 7.26. The Kier molecular flexibility index (Phi) is 5.31. The standard InChI is InChI=1S/C22H23N3O4/c1-14-9-15(12-23)10-21(24-14)28-16-5-4-8-25(13-16)22(27)20-11-18(26)17-6-2-3-7-19(17)29-20/h2-3,6-7,9-11,16H,4-5,8,12-13,23H2,1H3/t16-/m0/s1. The molecule has 7 nitrogen and oxygen atoms in total. The quantitative estimate of drug-likeness (QED) is 0.732. The molecule has 1 amide bonds. The van der Waals surface area contributed by atoms with Crippen molar-refractivity contribution in [2.45, 2.75) is 32.4 Å². The molecule has 150 valence electrons. The molecule has 1 fully saturated rings. The number of benzene rings is 1. The van der Waals surface area contributed by atoms with Crippen LogP contribution in [0.1, 0.15) is 34.7 Å². The van der Waals surface area contributed by atoms with Crippen LogP contribution in [-0.2, 0) is 6.54 Å². The van der Waals surface area contributed by atoms with Crippen molar-refractivity contribution < 1.29 is 13.9 Å². The van der Waals surface area contributed by atoms with E-state index in [1.165, 1.54) is 6.07 Å². The molecule has 2 N–H and O–H groups in total. The molecular formula is C22H23N3O4. The summed E-state index contributed by atoms with van der Waals surface area (Å²) in [4.78, 5) is 31.3. The topological polar surface area (TPSA) is 98.7 Å². The maximum Gasteiger partial charge on any atom is 0.289 e. The van der Waals surface area contributed by atoms with Gasteiger partial charge in [0, 0.05) is 30.9 Å². The van der Waals surface area contributed by atoms with Gasteiger partial charge in [0.05, 0.1) is 11.9 Å². The average molecular weight is 393 g/mol. The number of carbonyl (C=O) groups excluding carboxylic acids is 1. The summed E-state index contributed by atoms with van der Waals surface area (Å²) >= 11 is 0. The van der Waals surface area contributed by atoms with Gasteiger partial charge in [-0.05, 0) is 43.5 Å². The number of para-hydroxylation sites is 1. The lowest BCUT2D eigenvalue weighted by atomic mass is 10.1. The van der Waals surface area contributed by atoms with E-state index in [1.807, 2.05) is 19.1 Å². The van der Waals surface area contributed by atoms with Gasteiger partial charge in [-0.2, -0.15) is 0 Å². The van der Waals surface area contributed by atoms with Crippen LogP contribution < -0.4 is 15.9 Å². The molecule has 1 saturated heterocycles. The summed E-state index contributed by atoms with van der Waals surface area (Å²) in [6, 6.07) is 11.9. The van der Waals surface area contributed by atoms with Crippen LogP contribution in [-0.4, -0.2) is 35.0 Å². The van der Waals surface area contributed by atoms with E-state index in [4.69, 9.17) is 14.9 Å². The Bertz CT molecular complexity index is 1110. The van der Waals surface area contributed by atoms with Crippen LogP contribution in [0, 0.1) is 6.92 Å². The van der Waals surface area contributed by atoms with Crippen molar-refractivity contribution in [2.75, 3.05) is 13.1 Å². The highest BCUT2D eigenvalue weighted by molar-refractivity contribution is 5.93. The number of likely N-dealkylation sites (tertiary alicyclic amines) is 1. The molecule has 0 saturated carbocycles. The number of aromatic nitrogens is 1. The molecule has 0 unspecified atom stereocenters. The van der Waals surface area contributed by atoms with Gasteiger partial charge in [0.15, 0.2) is 11.2 Å². The van der Waals surface area contributed by atoms with Crippen molar-refractivity contribution >= 4 is 16.9 Å². The first-order valence-electron chi connectivity index (χ1n) is 9.70. The number of pyridine rings is 1. The number of carbonyl (C=O) groups is 1. The fourth-order valence-corrected chi connectivity index (χ4v) is 3.64. The minimum Gasteiger partial charge on any atom is -0.472 e. The van der Waals surface area contributed by atoms with E-state index in [9.17, 15) is 9.59 Å². The van der Waals surface area contributed by atoms with Crippen molar-refractivity contribution in [3.05, 3.63) is 69.7 Å². The molecule has 1 aliphatic heterocycles. The molecule has 1 aliphatic rings.